The van der Waals surface area contributed by atoms with E-state index < -0.39 is 0 Å². The Morgan fingerprint density at radius 3 is 2.68 bits per heavy atom. The smallest absolute Gasteiger partial charge is 0.250 e. The standard InChI is InChI=1S/C29H33N5O3/c1-20(18-35)19-37-25-5-7-30-27(17-25)26-6-8-31-28(32-26)14-21-3-4-22-15-24(16-23(22)13-21)29(36)34-11-9-33(2)10-12-34/h3-8,13,16-17,20,35H,9-12,14-15,18-19H2,1-2H3. The normalized spacial score (nSPS) is 16.3. The summed E-state index contributed by atoms with van der Waals surface area (Å²) >= 11 is 0. The zero-order valence-electron chi connectivity index (χ0n) is 21.4. The number of hydrogen-bond acceptors (Lipinski definition) is 7. The van der Waals surface area contributed by atoms with Crippen LogP contribution in [0.2, 0.25) is 0 Å². The molecule has 1 aromatic carbocycles. The van der Waals surface area contributed by atoms with Crippen molar-refractivity contribution in [2.45, 2.75) is 19.8 Å². The van der Waals surface area contributed by atoms with Crippen molar-refractivity contribution in [2.75, 3.05) is 46.4 Å². The van der Waals surface area contributed by atoms with Crippen molar-refractivity contribution in [1.82, 2.24) is 24.8 Å². The number of carbonyl (C=O) groups excluding carboxylic acids is 1. The Kier molecular flexibility index (Phi) is 7.58. The Morgan fingerprint density at radius 1 is 1.05 bits per heavy atom. The fourth-order valence-electron chi connectivity index (χ4n) is 4.59. The molecule has 1 N–H and O–H groups in total. The fraction of sp³-hybridized carbons (Fsp3) is 0.379. The summed E-state index contributed by atoms with van der Waals surface area (Å²) in [7, 11) is 2.09. The molecule has 1 saturated heterocycles. The van der Waals surface area contributed by atoms with Gasteiger partial charge in [0.1, 0.15) is 11.6 Å². The Balaban J connectivity index is 1.27. The molecule has 1 fully saturated rings. The lowest BCUT2D eigenvalue weighted by atomic mass is 10.0. The van der Waals surface area contributed by atoms with E-state index in [0.717, 1.165) is 48.6 Å². The SMILES string of the molecule is CC(CO)COc1ccnc(-c2ccnc(Cc3ccc4c(c3)C=C(C(=O)N3CCN(C)CC3)C4)n2)c1. The lowest BCUT2D eigenvalue weighted by Gasteiger charge is -2.32. The Labute approximate surface area is 217 Å². The number of rotatable bonds is 8. The van der Waals surface area contributed by atoms with Crippen LogP contribution >= 0.6 is 0 Å². The average Bonchev–Trinajstić information content (AvgIpc) is 3.35. The molecule has 1 aliphatic heterocycles. The summed E-state index contributed by atoms with van der Waals surface area (Å²) in [5, 5.41) is 9.22. The molecule has 8 nitrogen and oxygen atoms in total. The number of hydrogen-bond donors (Lipinski definition) is 1. The first-order chi connectivity index (χ1) is 18.0. The van der Waals surface area contributed by atoms with Gasteiger partial charge in [-0.3, -0.25) is 9.78 Å². The van der Waals surface area contributed by atoms with Crippen molar-refractivity contribution in [3.8, 4) is 17.1 Å². The van der Waals surface area contributed by atoms with Crippen molar-refractivity contribution in [3.05, 3.63) is 76.9 Å². The largest absolute Gasteiger partial charge is 0.493 e. The molecule has 2 aliphatic rings. The minimum Gasteiger partial charge on any atom is -0.493 e. The van der Waals surface area contributed by atoms with Gasteiger partial charge >= 0.3 is 0 Å². The van der Waals surface area contributed by atoms with Gasteiger partial charge in [-0.15, -0.1) is 0 Å². The van der Waals surface area contributed by atoms with Crippen LogP contribution < -0.4 is 4.74 Å². The summed E-state index contributed by atoms with van der Waals surface area (Å²) in [6, 6.07) is 11.9. The Hall–Kier alpha value is -3.62. The van der Waals surface area contributed by atoms with Gasteiger partial charge in [0.15, 0.2) is 0 Å². The first kappa shape index (κ1) is 25.0. The second-order valence-corrected chi connectivity index (χ2v) is 9.99. The highest BCUT2D eigenvalue weighted by Crippen LogP contribution is 2.28. The minimum absolute atomic E-state index is 0.0606. The van der Waals surface area contributed by atoms with Gasteiger partial charge in [0, 0.05) is 75.6 Å². The molecule has 1 aliphatic carbocycles. The molecule has 1 amide bonds. The fourth-order valence-corrected chi connectivity index (χ4v) is 4.59. The molecule has 3 heterocycles. The Bertz CT molecular complexity index is 1300. The first-order valence-corrected chi connectivity index (χ1v) is 12.8. The van der Waals surface area contributed by atoms with Crippen molar-refractivity contribution in [1.29, 1.82) is 0 Å². The van der Waals surface area contributed by atoms with Crippen LogP contribution in [0.5, 0.6) is 5.75 Å². The molecule has 3 aromatic rings. The number of benzene rings is 1. The molecule has 0 radical (unpaired) electrons. The highest BCUT2D eigenvalue weighted by molar-refractivity contribution is 6.00. The first-order valence-electron chi connectivity index (χ1n) is 12.8. The van der Waals surface area contributed by atoms with E-state index in [4.69, 9.17) is 9.72 Å². The maximum atomic E-state index is 13.0. The quantitative estimate of drug-likeness (QED) is 0.510. The zero-order valence-corrected chi connectivity index (χ0v) is 21.4. The third-order valence-electron chi connectivity index (χ3n) is 6.89. The van der Waals surface area contributed by atoms with Crippen LogP contribution in [0.1, 0.15) is 29.4 Å². The number of piperazine rings is 1. The summed E-state index contributed by atoms with van der Waals surface area (Å²) in [4.78, 5) is 30.9. The zero-order chi connectivity index (χ0) is 25.8. The second kappa shape index (κ2) is 11.2. The highest BCUT2D eigenvalue weighted by atomic mass is 16.5. The number of aromatic nitrogens is 3. The number of fused-ring (bicyclic) bond motifs is 1. The molecular weight excluding hydrogens is 466 g/mol. The number of pyridine rings is 1. The van der Waals surface area contributed by atoms with Crippen LogP contribution in [0.25, 0.3) is 17.5 Å². The van der Waals surface area contributed by atoms with Gasteiger partial charge in [-0.2, -0.15) is 0 Å². The van der Waals surface area contributed by atoms with Crippen molar-refractivity contribution < 1.29 is 14.6 Å². The van der Waals surface area contributed by atoms with E-state index in [0.29, 0.717) is 36.7 Å². The number of carbonyl (C=O) groups is 1. The summed E-state index contributed by atoms with van der Waals surface area (Å²) < 4.78 is 5.78. The summed E-state index contributed by atoms with van der Waals surface area (Å²) in [6.45, 7) is 5.86. The lowest BCUT2D eigenvalue weighted by Crippen LogP contribution is -2.47. The van der Waals surface area contributed by atoms with Gasteiger partial charge < -0.3 is 19.6 Å². The number of aliphatic hydroxyl groups is 1. The minimum atomic E-state index is 0.0606. The maximum absolute atomic E-state index is 13.0. The van der Waals surface area contributed by atoms with Crippen LogP contribution in [-0.4, -0.2) is 82.2 Å². The molecule has 0 saturated carbocycles. The lowest BCUT2D eigenvalue weighted by molar-refractivity contribution is -0.128. The summed E-state index contributed by atoms with van der Waals surface area (Å²) in [6.07, 6.45) is 6.77. The van der Waals surface area contributed by atoms with Gasteiger partial charge in [0.05, 0.1) is 18.0 Å². The maximum Gasteiger partial charge on any atom is 0.250 e. The summed E-state index contributed by atoms with van der Waals surface area (Å²) in [5.74, 6) is 1.62. The van der Waals surface area contributed by atoms with Crippen LogP contribution in [0, 0.1) is 5.92 Å². The molecule has 1 unspecified atom stereocenters. The molecular formula is C29H33N5O3. The van der Waals surface area contributed by atoms with Gasteiger partial charge in [-0.25, -0.2) is 9.97 Å². The van der Waals surface area contributed by atoms with Gasteiger partial charge in [-0.1, -0.05) is 25.1 Å². The van der Waals surface area contributed by atoms with Gasteiger partial charge in [0.25, 0.3) is 0 Å². The third-order valence-corrected chi connectivity index (χ3v) is 6.89. The van der Waals surface area contributed by atoms with Crippen LogP contribution in [0.4, 0.5) is 0 Å². The monoisotopic (exact) mass is 499 g/mol. The molecule has 0 spiro atoms. The molecule has 1 atom stereocenters. The van der Waals surface area contributed by atoms with E-state index in [-0.39, 0.29) is 18.4 Å². The number of ether oxygens (including phenoxy) is 1. The van der Waals surface area contributed by atoms with E-state index in [2.05, 4.69) is 40.1 Å². The average molecular weight is 500 g/mol. The summed E-state index contributed by atoms with van der Waals surface area (Å²) in [5.41, 5.74) is 5.70. The van der Waals surface area contributed by atoms with E-state index in [1.54, 1.807) is 18.5 Å². The molecule has 0 bridgehead atoms. The number of aliphatic hydroxyl groups excluding tert-OH is 1. The van der Waals surface area contributed by atoms with Crippen molar-refractivity contribution in [3.63, 3.8) is 0 Å². The molecule has 192 valence electrons. The van der Waals surface area contributed by atoms with Gasteiger partial charge in [-0.05, 0) is 41.9 Å². The predicted octanol–water partition coefficient (Wildman–Crippen LogP) is 2.85. The topological polar surface area (TPSA) is 91.7 Å². The highest BCUT2D eigenvalue weighted by Gasteiger charge is 2.25. The number of nitrogens with zero attached hydrogens (tertiary/aromatic N) is 5. The van der Waals surface area contributed by atoms with Crippen molar-refractivity contribution in [2.24, 2.45) is 5.92 Å². The van der Waals surface area contributed by atoms with E-state index in [9.17, 15) is 9.90 Å². The molecule has 2 aromatic heterocycles. The van der Waals surface area contributed by atoms with Crippen molar-refractivity contribution >= 4 is 12.0 Å². The molecule has 5 rings (SSSR count). The third kappa shape index (κ3) is 6.03. The molecule has 37 heavy (non-hydrogen) atoms. The van der Waals surface area contributed by atoms with Crippen LogP contribution in [-0.2, 0) is 17.6 Å². The van der Waals surface area contributed by atoms with Gasteiger partial charge in [0.2, 0.25) is 5.91 Å². The van der Waals surface area contributed by atoms with Crippen LogP contribution in [0.3, 0.4) is 0 Å². The number of amides is 1. The second-order valence-electron chi connectivity index (χ2n) is 9.99. The molecule has 8 heteroatoms. The predicted molar refractivity (Wildman–Crippen MR) is 142 cm³/mol. The van der Waals surface area contributed by atoms with Crippen LogP contribution in [0.15, 0.2) is 54.4 Å². The Morgan fingerprint density at radius 2 is 1.86 bits per heavy atom. The van der Waals surface area contributed by atoms with E-state index >= 15 is 0 Å². The van der Waals surface area contributed by atoms with E-state index in [1.165, 1.54) is 5.56 Å². The number of likely N-dealkylation sites (N-methyl/N-ethyl adjacent to an activating group) is 1. The van der Waals surface area contributed by atoms with E-state index in [1.807, 2.05) is 30.0 Å².